The normalized spacial score (nSPS) is 15.6. The number of allylic oxidation sites excluding steroid dienone is 1. The molecule has 9 heteroatoms. The standard InChI is InChI=1S/C34H32Cl2N4O3/c35-25-9-14-28(15-10-25)43-34(41)40-21-17-29-30-23-26(36)11-16-31(30)38-32(29)33(40)24-7-12-27(13-8-24)42-22-6-2-1-4-19-39-20-5-3-18-37-39/h3,7-16,18,20,23,33,38H,1-2,4,6,17,19,21-22H2. The Morgan fingerprint density at radius 2 is 1.72 bits per heavy atom. The monoisotopic (exact) mass is 614 g/mol. The highest BCUT2D eigenvalue weighted by Gasteiger charge is 2.35. The minimum Gasteiger partial charge on any atom is -0.494 e. The number of aromatic amines is 1. The number of H-pyrrole nitrogens is 1. The zero-order valence-corrected chi connectivity index (χ0v) is 25.2. The van der Waals surface area contributed by atoms with E-state index in [-0.39, 0.29) is 6.04 Å². The number of nitrogens with zero attached hydrogens (tertiary/aromatic N) is 3. The largest absolute Gasteiger partial charge is 0.494 e. The molecular weight excluding hydrogens is 583 g/mol. The van der Waals surface area contributed by atoms with E-state index in [1.165, 1.54) is 0 Å². The van der Waals surface area contributed by atoms with Crippen molar-refractivity contribution >= 4 is 46.4 Å². The molecule has 6 rings (SSSR count). The summed E-state index contributed by atoms with van der Waals surface area (Å²) in [6.45, 7) is 2.05. The van der Waals surface area contributed by atoms with E-state index in [1.807, 2.05) is 53.7 Å². The van der Waals surface area contributed by atoms with E-state index >= 15 is 0 Å². The second-order valence-electron chi connectivity index (χ2n) is 10.6. The van der Waals surface area contributed by atoms with Gasteiger partial charge in [0.15, 0.2) is 0 Å². The summed E-state index contributed by atoms with van der Waals surface area (Å²) < 4.78 is 11.8. The maximum atomic E-state index is 13.5. The Labute approximate surface area is 261 Å². The number of hydrazone groups is 1. The molecule has 0 aliphatic carbocycles. The second-order valence-corrected chi connectivity index (χ2v) is 11.5. The lowest BCUT2D eigenvalue weighted by atomic mass is 9.92. The summed E-state index contributed by atoms with van der Waals surface area (Å²) in [7, 11) is 0. The van der Waals surface area contributed by atoms with Crippen LogP contribution in [0.4, 0.5) is 4.79 Å². The first-order valence-electron chi connectivity index (χ1n) is 14.5. The molecule has 4 aromatic rings. The number of aromatic nitrogens is 1. The summed E-state index contributed by atoms with van der Waals surface area (Å²) >= 11 is 12.4. The van der Waals surface area contributed by atoms with E-state index in [1.54, 1.807) is 41.5 Å². The zero-order chi connectivity index (χ0) is 29.6. The van der Waals surface area contributed by atoms with Gasteiger partial charge in [-0.15, -0.1) is 0 Å². The van der Waals surface area contributed by atoms with Crippen molar-refractivity contribution in [2.75, 3.05) is 19.7 Å². The average molecular weight is 616 g/mol. The van der Waals surface area contributed by atoms with Crippen molar-refractivity contribution in [1.29, 1.82) is 0 Å². The highest BCUT2D eigenvalue weighted by atomic mass is 35.5. The number of rotatable bonds is 10. The van der Waals surface area contributed by atoms with Gasteiger partial charge in [-0.3, -0.25) is 9.91 Å². The van der Waals surface area contributed by atoms with Gasteiger partial charge in [-0.2, -0.15) is 5.10 Å². The summed E-state index contributed by atoms with van der Waals surface area (Å²) in [6, 6.07) is 20.3. The Morgan fingerprint density at radius 3 is 2.51 bits per heavy atom. The van der Waals surface area contributed by atoms with Crippen LogP contribution >= 0.6 is 23.2 Å². The Bertz CT molecular complexity index is 1670. The molecule has 1 N–H and O–H groups in total. The Morgan fingerprint density at radius 1 is 0.953 bits per heavy atom. The van der Waals surface area contributed by atoms with E-state index in [0.29, 0.717) is 35.4 Å². The average Bonchev–Trinajstić information content (AvgIpc) is 3.40. The number of fused-ring (bicyclic) bond motifs is 3. The van der Waals surface area contributed by atoms with Crippen molar-refractivity contribution in [2.24, 2.45) is 5.10 Å². The van der Waals surface area contributed by atoms with Crippen molar-refractivity contribution in [1.82, 2.24) is 14.9 Å². The number of carbonyl (C=O) groups excluding carboxylic acids is 1. The molecule has 1 aromatic heterocycles. The van der Waals surface area contributed by atoms with Crippen LogP contribution in [0.25, 0.3) is 10.9 Å². The van der Waals surface area contributed by atoms with Gasteiger partial charge in [0.2, 0.25) is 0 Å². The third kappa shape index (κ3) is 6.91. The van der Waals surface area contributed by atoms with Crippen molar-refractivity contribution in [3.05, 3.63) is 112 Å². The number of amides is 1. The van der Waals surface area contributed by atoms with Gasteiger partial charge in [0.1, 0.15) is 17.5 Å². The lowest BCUT2D eigenvalue weighted by Gasteiger charge is -2.35. The molecule has 0 bridgehead atoms. The van der Waals surface area contributed by atoms with Gasteiger partial charge < -0.3 is 14.5 Å². The third-order valence-electron chi connectivity index (χ3n) is 7.70. The molecule has 2 aliphatic rings. The van der Waals surface area contributed by atoms with E-state index < -0.39 is 6.09 Å². The molecule has 43 heavy (non-hydrogen) atoms. The predicted molar refractivity (Wildman–Crippen MR) is 171 cm³/mol. The SMILES string of the molecule is O=C(Oc1ccc(Cl)cc1)N1CCc2c([nH]c3ccc(Cl)cc23)C1c1ccc(OCCCCCCN2C=C=CC=N2)cc1. The number of nitrogens with one attached hydrogen (secondary N) is 1. The molecule has 0 saturated carbocycles. The minimum atomic E-state index is -0.422. The summed E-state index contributed by atoms with van der Waals surface area (Å²) in [5, 5.41) is 8.53. The molecule has 7 nitrogen and oxygen atoms in total. The minimum absolute atomic E-state index is 0.363. The number of ether oxygens (including phenoxy) is 2. The second kappa shape index (κ2) is 13.4. The highest BCUT2D eigenvalue weighted by Crippen LogP contribution is 2.40. The van der Waals surface area contributed by atoms with Crippen LogP contribution in [-0.2, 0) is 6.42 Å². The van der Waals surface area contributed by atoms with E-state index in [9.17, 15) is 4.79 Å². The molecule has 0 spiro atoms. The summed E-state index contributed by atoms with van der Waals surface area (Å²) in [6.07, 6.45) is 9.96. The Balaban J connectivity index is 1.13. The topological polar surface area (TPSA) is 70.2 Å². The molecule has 1 amide bonds. The number of unbranched alkanes of at least 4 members (excludes halogenated alkanes) is 3. The van der Waals surface area contributed by atoms with Crippen molar-refractivity contribution in [2.45, 2.75) is 38.1 Å². The fourth-order valence-corrected chi connectivity index (χ4v) is 5.88. The quantitative estimate of drug-likeness (QED) is 0.143. The third-order valence-corrected chi connectivity index (χ3v) is 8.18. The zero-order valence-electron chi connectivity index (χ0n) is 23.6. The van der Waals surface area contributed by atoms with Crippen LogP contribution in [0.3, 0.4) is 0 Å². The first-order valence-corrected chi connectivity index (χ1v) is 15.3. The van der Waals surface area contributed by atoms with Gasteiger partial charge in [-0.1, -0.05) is 47.5 Å². The predicted octanol–water partition coefficient (Wildman–Crippen LogP) is 8.53. The molecule has 0 saturated heterocycles. The molecule has 1 unspecified atom stereocenters. The summed E-state index contributed by atoms with van der Waals surface area (Å²) in [4.78, 5) is 18.9. The molecule has 220 valence electrons. The number of carbonyl (C=O) groups is 1. The van der Waals surface area contributed by atoms with Crippen LogP contribution in [0.15, 0.2) is 89.8 Å². The van der Waals surface area contributed by atoms with Crippen molar-refractivity contribution < 1.29 is 14.3 Å². The first-order chi connectivity index (χ1) is 21.0. The van der Waals surface area contributed by atoms with E-state index in [0.717, 1.165) is 65.7 Å². The molecule has 0 radical (unpaired) electrons. The van der Waals surface area contributed by atoms with Crippen LogP contribution < -0.4 is 9.47 Å². The van der Waals surface area contributed by atoms with Crippen molar-refractivity contribution in [3.8, 4) is 11.5 Å². The van der Waals surface area contributed by atoms with Crippen LogP contribution in [0.5, 0.6) is 11.5 Å². The number of hydrogen-bond donors (Lipinski definition) is 1. The van der Waals surface area contributed by atoms with Gasteiger partial charge in [-0.25, -0.2) is 4.79 Å². The summed E-state index contributed by atoms with van der Waals surface area (Å²) in [5.41, 5.74) is 7.12. The molecule has 3 aromatic carbocycles. The fourth-order valence-electron chi connectivity index (χ4n) is 5.58. The molecule has 0 fully saturated rings. The van der Waals surface area contributed by atoms with E-state index in [2.05, 4.69) is 15.8 Å². The van der Waals surface area contributed by atoms with Gasteiger partial charge in [-0.05, 0) is 91.4 Å². The Kier molecular flexibility index (Phi) is 9.04. The lowest BCUT2D eigenvalue weighted by molar-refractivity contribution is 0.135. The Hall–Kier alpha value is -4.16. The highest BCUT2D eigenvalue weighted by molar-refractivity contribution is 6.31. The van der Waals surface area contributed by atoms with Crippen LogP contribution in [-0.4, -0.2) is 46.9 Å². The molecule has 2 aliphatic heterocycles. The molecule has 3 heterocycles. The maximum Gasteiger partial charge on any atom is 0.416 e. The number of benzene rings is 3. The van der Waals surface area contributed by atoms with E-state index in [4.69, 9.17) is 32.7 Å². The number of hydrogen-bond acceptors (Lipinski definition) is 5. The smallest absolute Gasteiger partial charge is 0.416 e. The number of halogens is 2. The van der Waals surface area contributed by atoms with Crippen LogP contribution in [0.1, 0.15) is 48.5 Å². The van der Waals surface area contributed by atoms with Crippen LogP contribution in [0.2, 0.25) is 10.0 Å². The van der Waals surface area contributed by atoms with Gasteiger partial charge in [0.05, 0.1) is 19.0 Å². The molecule has 1 atom stereocenters. The maximum absolute atomic E-state index is 13.5. The molecular formula is C34H32Cl2N4O3. The van der Waals surface area contributed by atoms with Gasteiger partial charge in [0, 0.05) is 45.8 Å². The van der Waals surface area contributed by atoms with Gasteiger partial charge in [0.25, 0.3) is 0 Å². The van der Waals surface area contributed by atoms with Gasteiger partial charge >= 0.3 is 6.09 Å². The summed E-state index contributed by atoms with van der Waals surface area (Å²) in [5.74, 6) is 1.25. The van der Waals surface area contributed by atoms with Crippen LogP contribution in [0, 0.1) is 0 Å². The lowest BCUT2D eigenvalue weighted by Crippen LogP contribution is -2.42. The fraction of sp³-hybridized carbons (Fsp3) is 0.265. The van der Waals surface area contributed by atoms with Crippen molar-refractivity contribution in [3.63, 3.8) is 0 Å². The first kappa shape index (κ1) is 28.9.